The van der Waals surface area contributed by atoms with Crippen LogP contribution in [0.15, 0.2) is 33.5 Å². The molecule has 2 aliphatic rings. The highest BCUT2D eigenvalue weighted by atomic mass is 16.5. The number of hydrogen-bond acceptors (Lipinski definition) is 4. The number of rotatable bonds is 3. The van der Waals surface area contributed by atoms with E-state index in [9.17, 15) is 9.59 Å². The molecule has 0 bridgehead atoms. The van der Waals surface area contributed by atoms with Crippen molar-refractivity contribution in [3.8, 4) is 5.75 Å². The molecule has 1 aromatic heterocycles. The minimum Gasteiger partial charge on any atom is -0.461 e. The lowest BCUT2D eigenvalue weighted by Gasteiger charge is -2.21. The zero-order chi connectivity index (χ0) is 17.9. The predicted octanol–water partition coefficient (Wildman–Crippen LogP) is 5.33. The van der Waals surface area contributed by atoms with Crippen LogP contribution < -0.4 is 10.2 Å². The van der Waals surface area contributed by atoms with E-state index in [4.69, 9.17) is 9.15 Å². The molecule has 0 amide bonds. The van der Waals surface area contributed by atoms with E-state index in [0.29, 0.717) is 22.6 Å². The maximum atomic E-state index is 12.6. The predicted molar refractivity (Wildman–Crippen MR) is 101 cm³/mol. The quantitative estimate of drug-likeness (QED) is 0.552. The van der Waals surface area contributed by atoms with Crippen LogP contribution in [0.2, 0.25) is 0 Å². The van der Waals surface area contributed by atoms with Crippen molar-refractivity contribution in [2.24, 2.45) is 5.92 Å². The van der Waals surface area contributed by atoms with Gasteiger partial charge in [0.1, 0.15) is 17.1 Å². The van der Waals surface area contributed by atoms with E-state index in [1.807, 2.05) is 0 Å². The second-order valence-electron chi connectivity index (χ2n) is 7.76. The second-order valence-corrected chi connectivity index (χ2v) is 7.76. The molecule has 0 spiro atoms. The van der Waals surface area contributed by atoms with Crippen LogP contribution in [-0.4, -0.2) is 5.97 Å². The summed E-state index contributed by atoms with van der Waals surface area (Å²) in [6.45, 7) is 0. The van der Waals surface area contributed by atoms with Crippen molar-refractivity contribution in [2.45, 2.75) is 70.1 Å². The van der Waals surface area contributed by atoms with Gasteiger partial charge in [0.15, 0.2) is 5.43 Å². The van der Waals surface area contributed by atoms with Crippen LogP contribution in [0.25, 0.3) is 11.0 Å². The van der Waals surface area contributed by atoms with Gasteiger partial charge in [0.05, 0.1) is 11.3 Å². The first kappa shape index (κ1) is 17.3. The number of benzene rings is 1. The molecule has 26 heavy (non-hydrogen) atoms. The molecule has 2 aliphatic carbocycles. The molecule has 1 aromatic carbocycles. The molecule has 4 rings (SSSR count). The molecule has 1 heterocycles. The largest absolute Gasteiger partial charge is 0.461 e. The summed E-state index contributed by atoms with van der Waals surface area (Å²) in [6.07, 6.45) is 11.0. The Kier molecular flexibility index (Phi) is 5.09. The smallest absolute Gasteiger partial charge is 0.314 e. The molecule has 2 aromatic rings. The fourth-order valence-corrected chi connectivity index (χ4v) is 4.34. The zero-order valence-electron chi connectivity index (χ0n) is 15.2. The van der Waals surface area contributed by atoms with Crippen LogP contribution >= 0.6 is 0 Å². The number of carbonyl (C=O) groups excluding carboxylic acids is 1. The SMILES string of the molecule is O=C(Oc1ccc2oc(C3CCCCC3)cc(=O)c2c1)C1CCCCC1. The minimum atomic E-state index is -0.174. The molecule has 4 heteroatoms. The Morgan fingerprint density at radius 3 is 2.35 bits per heavy atom. The van der Waals surface area contributed by atoms with Gasteiger partial charge in [-0.3, -0.25) is 9.59 Å². The Morgan fingerprint density at radius 1 is 0.923 bits per heavy atom. The molecule has 0 atom stereocenters. The van der Waals surface area contributed by atoms with Gasteiger partial charge in [-0.2, -0.15) is 0 Å². The second kappa shape index (κ2) is 7.65. The van der Waals surface area contributed by atoms with Crippen LogP contribution in [0.3, 0.4) is 0 Å². The van der Waals surface area contributed by atoms with Gasteiger partial charge in [0.25, 0.3) is 0 Å². The van der Waals surface area contributed by atoms with Gasteiger partial charge >= 0.3 is 5.97 Å². The van der Waals surface area contributed by atoms with Crippen LogP contribution in [0.5, 0.6) is 5.75 Å². The third-order valence-electron chi connectivity index (χ3n) is 5.88. The van der Waals surface area contributed by atoms with E-state index >= 15 is 0 Å². The van der Waals surface area contributed by atoms with Gasteiger partial charge in [-0.25, -0.2) is 0 Å². The maximum Gasteiger partial charge on any atom is 0.314 e. The zero-order valence-corrected chi connectivity index (χ0v) is 15.2. The number of ether oxygens (including phenoxy) is 1. The van der Waals surface area contributed by atoms with Gasteiger partial charge < -0.3 is 9.15 Å². The molecule has 2 saturated carbocycles. The van der Waals surface area contributed by atoms with Crippen molar-refractivity contribution >= 4 is 16.9 Å². The molecule has 0 saturated heterocycles. The number of esters is 1. The lowest BCUT2D eigenvalue weighted by Crippen LogP contribution is -2.22. The molecule has 0 unspecified atom stereocenters. The molecule has 0 N–H and O–H groups in total. The fraction of sp³-hybridized carbons (Fsp3) is 0.545. The average Bonchev–Trinajstić information content (AvgIpc) is 2.69. The van der Waals surface area contributed by atoms with E-state index in [0.717, 1.165) is 44.3 Å². The molecule has 138 valence electrons. The van der Waals surface area contributed by atoms with Crippen molar-refractivity contribution in [3.63, 3.8) is 0 Å². The van der Waals surface area contributed by atoms with Crippen molar-refractivity contribution < 1.29 is 13.9 Å². The highest BCUT2D eigenvalue weighted by Gasteiger charge is 2.23. The Bertz CT molecular complexity index is 839. The van der Waals surface area contributed by atoms with Gasteiger partial charge in [-0.1, -0.05) is 38.5 Å². The van der Waals surface area contributed by atoms with Crippen LogP contribution in [-0.2, 0) is 4.79 Å². The topological polar surface area (TPSA) is 56.5 Å². The Balaban J connectivity index is 1.56. The van der Waals surface area contributed by atoms with Gasteiger partial charge in [0.2, 0.25) is 0 Å². The molecule has 0 radical (unpaired) electrons. The molecule has 4 nitrogen and oxygen atoms in total. The Labute approximate surface area is 153 Å². The monoisotopic (exact) mass is 354 g/mol. The van der Waals surface area contributed by atoms with Gasteiger partial charge in [0, 0.05) is 12.0 Å². The number of fused-ring (bicyclic) bond motifs is 1. The summed E-state index contributed by atoms with van der Waals surface area (Å²) >= 11 is 0. The minimum absolute atomic E-state index is 0.00969. The maximum absolute atomic E-state index is 12.6. The highest BCUT2D eigenvalue weighted by Crippen LogP contribution is 2.33. The van der Waals surface area contributed by atoms with Gasteiger partial charge in [-0.05, 0) is 43.9 Å². The third kappa shape index (κ3) is 3.69. The summed E-state index contributed by atoms with van der Waals surface area (Å²) in [4.78, 5) is 24.9. The summed E-state index contributed by atoms with van der Waals surface area (Å²) in [7, 11) is 0. The normalized spacial score (nSPS) is 19.5. The van der Waals surface area contributed by atoms with E-state index in [2.05, 4.69) is 0 Å². The van der Waals surface area contributed by atoms with Crippen LogP contribution in [0.4, 0.5) is 0 Å². The molecular formula is C22H26O4. The van der Waals surface area contributed by atoms with E-state index in [-0.39, 0.29) is 17.3 Å². The van der Waals surface area contributed by atoms with Crippen molar-refractivity contribution in [2.75, 3.05) is 0 Å². The average molecular weight is 354 g/mol. The first-order valence-electron chi connectivity index (χ1n) is 10.0. The Morgan fingerprint density at radius 2 is 1.62 bits per heavy atom. The third-order valence-corrected chi connectivity index (χ3v) is 5.88. The molecular weight excluding hydrogens is 328 g/mol. The molecule has 0 aliphatic heterocycles. The van der Waals surface area contributed by atoms with Crippen molar-refractivity contribution in [1.82, 2.24) is 0 Å². The summed E-state index contributed by atoms with van der Waals surface area (Å²) in [5, 5.41) is 0.485. The van der Waals surface area contributed by atoms with Crippen LogP contribution in [0.1, 0.15) is 75.9 Å². The highest BCUT2D eigenvalue weighted by molar-refractivity contribution is 5.81. The fourth-order valence-electron chi connectivity index (χ4n) is 4.34. The summed E-state index contributed by atoms with van der Waals surface area (Å²) in [5.41, 5.74) is 0.526. The van der Waals surface area contributed by atoms with E-state index in [1.54, 1.807) is 24.3 Å². The number of carbonyl (C=O) groups is 1. The van der Waals surface area contributed by atoms with Gasteiger partial charge in [-0.15, -0.1) is 0 Å². The standard InChI is InChI=1S/C22H26O4/c23-19-14-21(15-7-3-1-4-8-15)26-20-12-11-17(13-18(19)20)25-22(24)16-9-5-2-6-10-16/h11-16H,1-10H2. The van der Waals surface area contributed by atoms with Crippen LogP contribution in [0, 0.1) is 5.92 Å². The molecule has 2 fully saturated rings. The lowest BCUT2D eigenvalue weighted by atomic mass is 9.87. The first-order valence-corrected chi connectivity index (χ1v) is 10.0. The van der Waals surface area contributed by atoms with E-state index in [1.165, 1.54) is 25.7 Å². The Hall–Kier alpha value is -2.10. The summed E-state index contributed by atoms with van der Waals surface area (Å²) < 4.78 is 11.6. The lowest BCUT2D eigenvalue weighted by molar-refractivity contribution is -0.139. The first-order chi connectivity index (χ1) is 12.7. The summed E-state index contributed by atoms with van der Waals surface area (Å²) in [5.74, 6) is 1.40. The summed E-state index contributed by atoms with van der Waals surface area (Å²) in [6, 6.07) is 6.76. The van der Waals surface area contributed by atoms with E-state index < -0.39 is 0 Å². The van der Waals surface area contributed by atoms with Crippen molar-refractivity contribution in [1.29, 1.82) is 0 Å². The van der Waals surface area contributed by atoms with Crippen molar-refractivity contribution in [3.05, 3.63) is 40.2 Å². The number of hydrogen-bond donors (Lipinski definition) is 0.